The van der Waals surface area contributed by atoms with E-state index in [4.69, 9.17) is 0 Å². The van der Waals surface area contributed by atoms with Crippen LogP contribution in [0.1, 0.15) is 38.5 Å². The number of hydrogen-bond acceptors (Lipinski definition) is 3. The van der Waals surface area contributed by atoms with Crippen LogP contribution in [0.3, 0.4) is 0 Å². The monoisotopic (exact) mass is 240 g/mol. The van der Waals surface area contributed by atoms with Gasteiger partial charge in [0.2, 0.25) is 5.91 Å². The molecule has 0 aromatic carbocycles. The second-order valence-corrected chi connectivity index (χ2v) is 5.65. The highest BCUT2D eigenvalue weighted by Crippen LogP contribution is 2.32. The summed E-state index contributed by atoms with van der Waals surface area (Å²) < 4.78 is 0. The van der Waals surface area contributed by atoms with Gasteiger partial charge in [-0.05, 0) is 38.6 Å². The smallest absolute Gasteiger partial charge is 0.234 e. The third kappa shape index (κ3) is 4.28. The van der Waals surface area contributed by atoms with E-state index in [1.807, 2.05) is 11.9 Å². The van der Waals surface area contributed by atoms with Crippen molar-refractivity contribution in [3.05, 3.63) is 0 Å². The first-order valence-electron chi connectivity index (χ1n) is 6.81. The molecule has 0 spiro atoms. The third-order valence-corrected chi connectivity index (χ3v) is 3.80. The van der Waals surface area contributed by atoms with Crippen molar-refractivity contribution in [2.24, 2.45) is 5.92 Å². The zero-order chi connectivity index (χ0) is 12.3. The van der Waals surface area contributed by atoms with Crippen LogP contribution in [0, 0.1) is 5.92 Å². The van der Waals surface area contributed by atoms with Crippen molar-refractivity contribution < 1.29 is 9.90 Å². The molecule has 98 valence electrons. The Morgan fingerprint density at radius 2 is 2.00 bits per heavy atom. The van der Waals surface area contributed by atoms with E-state index in [9.17, 15) is 9.90 Å². The van der Waals surface area contributed by atoms with Gasteiger partial charge in [0.15, 0.2) is 0 Å². The fourth-order valence-electron chi connectivity index (χ4n) is 2.60. The molecule has 2 fully saturated rings. The molecule has 0 bridgehead atoms. The number of hydrogen-bond donors (Lipinski definition) is 2. The van der Waals surface area contributed by atoms with Crippen LogP contribution in [0.5, 0.6) is 0 Å². The fourth-order valence-corrected chi connectivity index (χ4v) is 2.60. The van der Waals surface area contributed by atoms with Gasteiger partial charge in [-0.3, -0.25) is 9.69 Å². The van der Waals surface area contributed by atoms with E-state index in [1.165, 1.54) is 12.8 Å². The van der Waals surface area contributed by atoms with Crippen molar-refractivity contribution in [3.8, 4) is 0 Å². The lowest BCUT2D eigenvalue weighted by Gasteiger charge is -2.21. The van der Waals surface area contributed by atoms with Crippen LogP contribution in [0.4, 0.5) is 0 Å². The largest absolute Gasteiger partial charge is 0.392 e. The summed E-state index contributed by atoms with van der Waals surface area (Å²) in [4.78, 5) is 13.7. The van der Waals surface area contributed by atoms with Crippen LogP contribution in [-0.2, 0) is 4.79 Å². The van der Waals surface area contributed by atoms with Crippen LogP contribution in [-0.4, -0.2) is 48.2 Å². The van der Waals surface area contributed by atoms with Crippen molar-refractivity contribution in [2.45, 2.75) is 50.7 Å². The normalized spacial score (nSPS) is 23.0. The average Bonchev–Trinajstić information content (AvgIpc) is 2.99. The molecule has 2 rings (SSSR count). The Bertz CT molecular complexity index is 260. The SMILES string of the molecule is CN(CC(=O)NC1CCCC1)CC(O)C1CC1. The minimum atomic E-state index is -0.251. The molecular formula is C13H24N2O2. The van der Waals surface area contributed by atoms with Gasteiger partial charge in [0.1, 0.15) is 0 Å². The number of rotatable bonds is 6. The lowest BCUT2D eigenvalue weighted by Crippen LogP contribution is -2.42. The number of carbonyl (C=O) groups excluding carboxylic acids is 1. The Hall–Kier alpha value is -0.610. The molecule has 4 nitrogen and oxygen atoms in total. The lowest BCUT2D eigenvalue weighted by atomic mass is 10.2. The summed E-state index contributed by atoms with van der Waals surface area (Å²) in [6.45, 7) is 1.02. The highest BCUT2D eigenvalue weighted by atomic mass is 16.3. The fraction of sp³-hybridized carbons (Fsp3) is 0.923. The second-order valence-electron chi connectivity index (χ2n) is 5.65. The first kappa shape index (κ1) is 12.8. The van der Waals surface area contributed by atoms with Gasteiger partial charge in [-0.1, -0.05) is 12.8 Å². The highest BCUT2D eigenvalue weighted by Gasteiger charge is 2.30. The van der Waals surface area contributed by atoms with Gasteiger partial charge >= 0.3 is 0 Å². The summed E-state index contributed by atoms with van der Waals surface area (Å²) in [6.07, 6.45) is 6.76. The minimum absolute atomic E-state index is 0.0994. The predicted octanol–water partition coefficient (Wildman–Crippen LogP) is 0.748. The molecule has 2 N–H and O–H groups in total. The van der Waals surface area contributed by atoms with Crippen molar-refractivity contribution in [2.75, 3.05) is 20.1 Å². The zero-order valence-electron chi connectivity index (χ0n) is 10.7. The third-order valence-electron chi connectivity index (χ3n) is 3.80. The standard InChI is InChI=1S/C13H24N2O2/c1-15(8-12(16)10-6-7-10)9-13(17)14-11-4-2-3-5-11/h10-12,16H,2-9H2,1H3,(H,14,17). The first-order chi connectivity index (χ1) is 8.15. The Morgan fingerprint density at radius 1 is 1.35 bits per heavy atom. The van der Waals surface area contributed by atoms with E-state index < -0.39 is 0 Å². The van der Waals surface area contributed by atoms with Crippen molar-refractivity contribution in [1.82, 2.24) is 10.2 Å². The van der Waals surface area contributed by atoms with Crippen LogP contribution in [0.2, 0.25) is 0 Å². The Balaban J connectivity index is 1.62. The molecule has 0 aromatic heterocycles. The Labute approximate surface area is 103 Å². The van der Waals surface area contributed by atoms with Gasteiger partial charge in [0.25, 0.3) is 0 Å². The van der Waals surface area contributed by atoms with Gasteiger partial charge in [0, 0.05) is 12.6 Å². The molecule has 1 unspecified atom stereocenters. The van der Waals surface area contributed by atoms with E-state index >= 15 is 0 Å². The number of likely N-dealkylation sites (N-methyl/N-ethyl adjacent to an activating group) is 1. The molecule has 2 aliphatic carbocycles. The number of aliphatic hydroxyl groups excluding tert-OH is 1. The number of nitrogens with one attached hydrogen (secondary N) is 1. The van der Waals surface area contributed by atoms with Gasteiger partial charge < -0.3 is 10.4 Å². The zero-order valence-corrected chi connectivity index (χ0v) is 10.7. The molecule has 4 heteroatoms. The number of amides is 1. The lowest BCUT2D eigenvalue weighted by molar-refractivity contribution is -0.122. The van der Waals surface area contributed by atoms with Gasteiger partial charge in [-0.2, -0.15) is 0 Å². The molecule has 2 saturated carbocycles. The summed E-state index contributed by atoms with van der Waals surface area (Å²) in [5.41, 5.74) is 0. The summed E-state index contributed by atoms with van der Waals surface area (Å²) in [5.74, 6) is 0.581. The predicted molar refractivity (Wildman–Crippen MR) is 66.6 cm³/mol. The molecule has 0 radical (unpaired) electrons. The molecule has 0 aromatic rings. The quantitative estimate of drug-likeness (QED) is 0.720. The molecule has 2 aliphatic rings. The number of carbonyl (C=O) groups is 1. The van der Waals surface area contributed by atoms with E-state index in [-0.39, 0.29) is 12.0 Å². The Kier molecular flexibility index (Phi) is 4.40. The first-order valence-corrected chi connectivity index (χ1v) is 6.81. The van der Waals surface area contributed by atoms with Crippen molar-refractivity contribution in [1.29, 1.82) is 0 Å². The van der Waals surface area contributed by atoms with Crippen LogP contribution in [0.15, 0.2) is 0 Å². The second kappa shape index (κ2) is 5.83. The van der Waals surface area contributed by atoms with Crippen molar-refractivity contribution >= 4 is 5.91 Å². The molecule has 0 heterocycles. The van der Waals surface area contributed by atoms with E-state index in [0.29, 0.717) is 25.0 Å². The summed E-state index contributed by atoms with van der Waals surface area (Å²) in [5, 5.41) is 12.8. The summed E-state index contributed by atoms with van der Waals surface area (Å²) >= 11 is 0. The average molecular weight is 240 g/mol. The minimum Gasteiger partial charge on any atom is -0.392 e. The van der Waals surface area contributed by atoms with Crippen molar-refractivity contribution in [3.63, 3.8) is 0 Å². The maximum atomic E-state index is 11.7. The maximum absolute atomic E-state index is 11.7. The molecular weight excluding hydrogens is 216 g/mol. The van der Waals surface area contributed by atoms with E-state index in [1.54, 1.807) is 0 Å². The van der Waals surface area contributed by atoms with Gasteiger partial charge in [0.05, 0.1) is 12.6 Å². The summed E-state index contributed by atoms with van der Waals surface area (Å²) in [6, 6.07) is 0.393. The maximum Gasteiger partial charge on any atom is 0.234 e. The number of nitrogens with zero attached hydrogens (tertiary/aromatic N) is 1. The van der Waals surface area contributed by atoms with Crippen LogP contribution in [0.25, 0.3) is 0 Å². The summed E-state index contributed by atoms with van der Waals surface area (Å²) in [7, 11) is 1.90. The highest BCUT2D eigenvalue weighted by molar-refractivity contribution is 5.78. The molecule has 0 aliphatic heterocycles. The number of aliphatic hydroxyl groups is 1. The molecule has 17 heavy (non-hydrogen) atoms. The molecule has 1 atom stereocenters. The van der Waals surface area contributed by atoms with E-state index in [0.717, 1.165) is 25.7 Å². The van der Waals surface area contributed by atoms with Crippen LogP contribution >= 0.6 is 0 Å². The van der Waals surface area contributed by atoms with Gasteiger partial charge in [-0.25, -0.2) is 0 Å². The molecule has 0 saturated heterocycles. The van der Waals surface area contributed by atoms with E-state index in [2.05, 4.69) is 5.32 Å². The molecule has 1 amide bonds. The Morgan fingerprint density at radius 3 is 2.59 bits per heavy atom. The van der Waals surface area contributed by atoms with Crippen LogP contribution < -0.4 is 5.32 Å². The van der Waals surface area contributed by atoms with Gasteiger partial charge in [-0.15, -0.1) is 0 Å². The topological polar surface area (TPSA) is 52.6 Å².